The third-order valence-corrected chi connectivity index (χ3v) is 2.47. The van der Waals surface area contributed by atoms with E-state index in [4.69, 9.17) is 0 Å². The van der Waals surface area contributed by atoms with E-state index in [0.29, 0.717) is 6.54 Å². The van der Waals surface area contributed by atoms with Gasteiger partial charge >= 0.3 is 0 Å². The van der Waals surface area contributed by atoms with E-state index in [1.54, 1.807) is 0 Å². The van der Waals surface area contributed by atoms with Gasteiger partial charge in [-0.15, -0.1) is 0 Å². The molecule has 0 saturated carbocycles. The Hall–Kier alpha value is -2.43. The number of aromatic hydroxyl groups is 1. The molecule has 0 unspecified atom stereocenters. The van der Waals surface area contributed by atoms with E-state index < -0.39 is 17.0 Å². The number of carbonyl (C=O) groups excluding carboxylic acids is 1. The van der Waals surface area contributed by atoms with Gasteiger partial charge in [0.2, 0.25) is 0 Å². The minimum atomic E-state index is -0.730. The van der Waals surface area contributed by atoms with Crippen LogP contribution in [0.2, 0.25) is 0 Å². The van der Waals surface area contributed by atoms with Gasteiger partial charge in [0.05, 0.1) is 12.7 Å². The molecule has 0 bridgehead atoms. The molecule has 18 heavy (non-hydrogen) atoms. The van der Waals surface area contributed by atoms with Gasteiger partial charge < -0.3 is 5.11 Å². The number of benzene rings is 1. The lowest BCUT2D eigenvalue weighted by molar-refractivity contribution is 0.100. The van der Waals surface area contributed by atoms with Gasteiger partial charge in [-0.25, -0.2) is 0 Å². The minimum Gasteiger partial charge on any atom is -0.503 e. The predicted octanol–water partition coefficient (Wildman–Crippen LogP) is 1.20. The average Bonchev–Trinajstić information content (AvgIpc) is 2.34. The van der Waals surface area contributed by atoms with E-state index in [-0.39, 0.29) is 5.69 Å². The van der Waals surface area contributed by atoms with Crippen LogP contribution in [0.1, 0.15) is 23.0 Å². The van der Waals surface area contributed by atoms with Crippen LogP contribution in [0, 0.1) is 0 Å². The summed E-state index contributed by atoms with van der Waals surface area (Å²) in [5.74, 6) is -0.927. The van der Waals surface area contributed by atoms with E-state index in [2.05, 4.69) is 5.10 Å². The quantitative estimate of drug-likeness (QED) is 0.823. The van der Waals surface area contributed by atoms with Crippen LogP contribution in [-0.2, 0) is 6.54 Å². The molecule has 2 aromatic rings. The molecule has 5 nitrogen and oxygen atoms in total. The van der Waals surface area contributed by atoms with E-state index >= 15 is 0 Å². The summed E-state index contributed by atoms with van der Waals surface area (Å²) < 4.78 is 1.38. The Balaban J connectivity index is 2.41. The number of aromatic nitrogens is 2. The highest BCUT2D eigenvalue weighted by Crippen LogP contribution is 2.05. The highest BCUT2D eigenvalue weighted by Gasteiger charge is 2.12. The summed E-state index contributed by atoms with van der Waals surface area (Å²) in [6.07, 6.45) is 1.22. The molecule has 5 heteroatoms. The molecule has 1 aromatic heterocycles. The van der Waals surface area contributed by atoms with Crippen LogP contribution in [-0.4, -0.2) is 20.7 Å². The lowest BCUT2D eigenvalue weighted by atomic mass is 10.2. The number of carbonyl (C=O) groups is 1. The molecule has 0 aliphatic carbocycles. The van der Waals surface area contributed by atoms with Crippen LogP contribution in [0.5, 0.6) is 5.75 Å². The molecule has 0 spiro atoms. The number of Topliss-reactive ketones (excluding diaryl/α,β-unsaturated/α-hetero) is 1. The first-order valence-electron chi connectivity index (χ1n) is 5.43. The molecule has 0 fully saturated rings. The Bertz CT molecular complexity index is 632. The van der Waals surface area contributed by atoms with E-state index in [0.717, 1.165) is 5.56 Å². The highest BCUT2D eigenvalue weighted by atomic mass is 16.3. The van der Waals surface area contributed by atoms with Gasteiger partial charge in [0.15, 0.2) is 17.2 Å². The number of ketones is 1. The Kier molecular flexibility index (Phi) is 3.23. The normalized spacial score (nSPS) is 10.3. The van der Waals surface area contributed by atoms with Gasteiger partial charge in [0.1, 0.15) is 0 Å². The van der Waals surface area contributed by atoms with Crippen molar-refractivity contribution in [1.29, 1.82) is 0 Å². The maximum Gasteiger partial charge on any atom is 0.252 e. The maximum atomic E-state index is 11.5. The van der Waals surface area contributed by atoms with E-state index in [9.17, 15) is 14.7 Å². The summed E-state index contributed by atoms with van der Waals surface area (Å²) in [7, 11) is 0. The van der Waals surface area contributed by atoms with Crippen molar-refractivity contribution < 1.29 is 9.90 Å². The molecule has 0 radical (unpaired) electrons. The highest BCUT2D eigenvalue weighted by molar-refractivity contribution is 5.92. The van der Waals surface area contributed by atoms with Crippen molar-refractivity contribution in [2.45, 2.75) is 13.5 Å². The topological polar surface area (TPSA) is 72.2 Å². The first-order chi connectivity index (χ1) is 8.58. The number of hydrogen-bond donors (Lipinski definition) is 1. The first kappa shape index (κ1) is 12.0. The van der Waals surface area contributed by atoms with E-state index in [1.165, 1.54) is 17.8 Å². The molecule has 92 valence electrons. The molecule has 0 amide bonds. The summed E-state index contributed by atoms with van der Waals surface area (Å²) in [5.41, 5.74) is -0.0136. The second kappa shape index (κ2) is 4.83. The summed E-state index contributed by atoms with van der Waals surface area (Å²) in [6, 6.07) is 9.43. The molecule has 0 atom stereocenters. The van der Waals surface area contributed by atoms with Gasteiger partial charge in [0, 0.05) is 6.92 Å². The lowest BCUT2D eigenvalue weighted by Gasteiger charge is -2.07. The molecule has 1 N–H and O–H groups in total. The third-order valence-electron chi connectivity index (χ3n) is 2.47. The fraction of sp³-hybridized carbons (Fsp3) is 0.154. The monoisotopic (exact) mass is 244 g/mol. The van der Waals surface area contributed by atoms with E-state index in [1.807, 2.05) is 30.3 Å². The van der Waals surface area contributed by atoms with Crippen molar-refractivity contribution in [2.75, 3.05) is 0 Å². The second-order valence-electron chi connectivity index (χ2n) is 3.93. The molecule has 1 aromatic carbocycles. The van der Waals surface area contributed by atoms with Crippen LogP contribution < -0.4 is 5.43 Å². The van der Waals surface area contributed by atoms with Gasteiger partial charge in [-0.3, -0.25) is 14.3 Å². The van der Waals surface area contributed by atoms with Gasteiger partial charge in [-0.1, -0.05) is 30.3 Å². The van der Waals surface area contributed by atoms with Gasteiger partial charge in [-0.2, -0.15) is 5.10 Å². The Morgan fingerprint density at radius 1 is 1.33 bits per heavy atom. The largest absolute Gasteiger partial charge is 0.503 e. The van der Waals surface area contributed by atoms with Crippen molar-refractivity contribution in [2.24, 2.45) is 0 Å². The van der Waals surface area contributed by atoms with Crippen molar-refractivity contribution >= 4 is 5.78 Å². The summed E-state index contributed by atoms with van der Waals surface area (Å²) in [4.78, 5) is 22.7. The van der Waals surface area contributed by atoms with Crippen molar-refractivity contribution in [3.63, 3.8) is 0 Å². The van der Waals surface area contributed by atoms with Crippen LogP contribution in [0.15, 0.2) is 41.3 Å². The van der Waals surface area contributed by atoms with Crippen molar-refractivity contribution in [1.82, 2.24) is 9.78 Å². The molecule has 0 saturated heterocycles. The number of hydrogen-bond acceptors (Lipinski definition) is 4. The third kappa shape index (κ3) is 2.45. The lowest BCUT2D eigenvalue weighted by Crippen LogP contribution is -2.20. The smallest absolute Gasteiger partial charge is 0.252 e. The molecule has 2 rings (SSSR count). The van der Waals surface area contributed by atoms with Gasteiger partial charge in [0.25, 0.3) is 5.43 Å². The van der Waals surface area contributed by atoms with Crippen LogP contribution in [0.3, 0.4) is 0 Å². The summed E-state index contributed by atoms with van der Waals surface area (Å²) >= 11 is 0. The Morgan fingerprint density at radius 2 is 2.00 bits per heavy atom. The van der Waals surface area contributed by atoms with Crippen LogP contribution in [0.25, 0.3) is 0 Å². The van der Waals surface area contributed by atoms with Gasteiger partial charge in [-0.05, 0) is 5.56 Å². The van der Waals surface area contributed by atoms with Crippen LogP contribution >= 0.6 is 0 Å². The molecular weight excluding hydrogens is 232 g/mol. The zero-order chi connectivity index (χ0) is 13.1. The standard InChI is InChI=1S/C13H12N2O3/c1-9(16)12-13(18)11(17)8-15(14-12)7-10-5-3-2-4-6-10/h2-6,8,17H,7H2,1H3. The zero-order valence-electron chi connectivity index (χ0n) is 9.83. The molecule has 0 aliphatic rings. The summed E-state index contributed by atoms with van der Waals surface area (Å²) in [5, 5.41) is 13.4. The fourth-order valence-corrected chi connectivity index (χ4v) is 1.61. The molecule has 1 heterocycles. The SMILES string of the molecule is CC(=O)c1nn(Cc2ccccc2)cc(O)c1=O. The Labute approximate surface area is 103 Å². The number of nitrogens with zero attached hydrogens (tertiary/aromatic N) is 2. The summed E-state index contributed by atoms with van der Waals surface area (Å²) in [6.45, 7) is 1.63. The maximum absolute atomic E-state index is 11.5. The average molecular weight is 244 g/mol. The molecular formula is C13H12N2O3. The Morgan fingerprint density at radius 3 is 2.61 bits per heavy atom. The zero-order valence-corrected chi connectivity index (χ0v) is 9.83. The van der Waals surface area contributed by atoms with Crippen molar-refractivity contribution in [3.8, 4) is 5.75 Å². The minimum absolute atomic E-state index is 0.245. The van der Waals surface area contributed by atoms with Crippen LogP contribution in [0.4, 0.5) is 0 Å². The molecule has 0 aliphatic heterocycles. The first-order valence-corrected chi connectivity index (χ1v) is 5.43. The van der Waals surface area contributed by atoms with Crippen molar-refractivity contribution in [3.05, 3.63) is 58.0 Å². The predicted molar refractivity (Wildman–Crippen MR) is 65.7 cm³/mol. The number of rotatable bonds is 3. The second-order valence-corrected chi connectivity index (χ2v) is 3.93. The fourth-order valence-electron chi connectivity index (χ4n) is 1.61.